The van der Waals surface area contributed by atoms with Gasteiger partial charge in [0.25, 0.3) is 5.91 Å². The van der Waals surface area contributed by atoms with Crippen LogP contribution in [0.4, 0.5) is 23.1 Å². The zero-order valence-corrected chi connectivity index (χ0v) is 25.4. The van der Waals surface area contributed by atoms with Crippen LogP contribution in [0, 0.1) is 18.8 Å². The van der Waals surface area contributed by atoms with Gasteiger partial charge in [0.05, 0.1) is 24.3 Å². The lowest BCUT2D eigenvalue weighted by Gasteiger charge is -2.34. The molecule has 0 bridgehead atoms. The first kappa shape index (κ1) is 29.1. The molecule has 0 aliphatic carbocycles. The van der Waals surface area contributed by atoms with Gasteiger partial charge in [-0.15, -0.1) is 0 Å². The van der Waals surface area contributed by atoms with E-state index in [1.165, 1.54) is 10.5 Å². The lowest BCUT2D eigenvalue weighted by Crippen LogP contribution is -2.44. The number of piperazine rings is 1. The zero-order chi connectivity index (χ0) is 28.8. The Morgan fingerprint density at radius 2 is 1.88 bits per heavy atom. The zero-order valence-electron chi connectivity index (χ0n) is 23.8. The molecular weight excluding hydrogens is 553 g/mol. The third-order valence-electron chi connectivity index (χ3n) is 7.12. The Balaban J connectivity index is 1.20. The molecule has 3 heterocycles. The fourth-order valence-corrected chi connectivity index (χ4v) is 6.33. The van der Waals surface area contributed by atoms with Gasteiger partial charge in [-0.1, -0.05) is 35.9 Å². The van der Waals surface area contributed by atoms with E-state index in [4.69, 9.17) is 10.7 Å². The van der Waals surface area contributed by atoms with Crippen LogP contribution in [0.2, 0.25) is 0 Å². The summed E-state index contributed by atoms with van der Waals surface area (Å²) in [6, 6.07) is 16.2. The summed E-state index contributed by atoms with van der Waals surface area (Å²) in [5.74, 6) is 7.41. The van der Waals surface area contributed by atoms with Gasteiger partial charge in [0, 0.05) is 68.4 Å². The molecule has 1 amide bonds. The van der Waals surface area contributed by atoms with Crippen molar-refractivity contribution in [1.82, 2.24) is 14.3 Å². The van der Waals surface area contributed by atoms with E-state index in [1.807, 2.05) is 59.8 Å². The first-order chi connectivity index (χ1) is 20.0. The first-order valence-electron chi connectivity index (χ1n) is 13.7. The van der Waals surface area contributed by atoms with Crippen LogP contribution in [0.25, 0.3) is 0 Å². The van der Waals surface area contributed by atoms with Gasteiger partial charge in [-0.05, 0) is 61.2 Å². The van der Waals surface area contributed by atoms with Gasteiger partial charge in [0.1, 0.15) is 5.82 Å². The number of fused-ring (bicyclic) bond motifs is 1. The Kier molecular flexibility index (Phi) is 9.57. The molecule has 214 valence electrons. The maximum atomic E-state index is 13.6. The summed E-state index contributed by atoms with van der Waals surface area (Å²) < 4.78 is 4.42. The van der Waals surface area contributed by atoms with Crippen molar-refractivity contribution in [2.75, 3.05) is 78.5 Å². The number of benzene rings is 2. The van der Waals surface area contributed by atoms with Crippen LogP contribution < -0.4 is 25.2 Å². The van der Waals surface area contributed by atoms with Gasteiger partial charge in [-0.25, -0.2) is 9.29 Å². The van der Waals surface area contributed by atoms with Crippen molar-refractivity contribution in [1.29, 1.82) is 0 Å². The Morgan fingerprint density at radius 3 is 2.66 bits per heavy atom. The average Bonchev–Trinajstić information content (AvgIpc) is 3.42. The number of anilines is 4. The number of nitrogens with one attached hydrogen (secondary N) is 1. The molecule has 3 N–H and O–H groups in total. The molecule has 2 aromatic carbocycles. The highest BCUT2D eigenvalue weighted by molar-refractivity contribution is 7.99. The van der Waals surface area contributed by atoms with Crippen molar-refractivity contribution in [3.8, 4) is 11.8 Å². The number of hydrogen-bond donors (Lipinski definition) is 2. The lowest BCUT2D eigenvalue weighted by atomic mass is 10.1. The minimum Gasteiger partial charge on any atom is -0.359 e. The second-order valence-electron chi connectivity index (χ2n) is 9.81. The number of amides is 1. The Morgan fingerprint density at radius 1 is 1.07 bits per heavy atom. The van der Waals surface area contributed by atoms with Crippen molar-refractivity contribution < 1.29 is 4.79 Å². The fourth-order valence-electron chi connectivity index (χ4n) is 5.00. The molecule has 1 saturated heterocycles. The van der Waals surface area contributed by atoms with Gasteiger partial charge in [-0.3, -0.25) is 4.79 Å². The fraction of sp³-hybridized carbons (Fsp3) is 0.367. The Bertz CT molecular complexity index is 1450. The molecule has 1 fully saturated rings. The molecular formula is C30H36N8OS2. The summed E-state index contributed by atoms with van der Waals surface area (Å²) in [5.41, 5.74) is 10.3. The van der Waals surface area contributed by atoms with E-state index in [0.717, 1.165) is 67.0 Å². The predicted octanol–water partition coefficient (Wildman–Crippen LogP) is 3.91. The largest absolute Gasteiger partial charge is 0.359 e. The number of carbonyl (C=O) groups excluding carboxylic acids is 1. The first-order valence-corrected chi connectivity index (χ1v) is 15.7. The minimum atomic E-state index is 0.0528. The molecule has 0 saturated carbocycles. The van der Waals surface area contributed by atoms with Crippen molar-refractivity contribution in [3.63, 3.8) is 0 Å². The molecule has 1 aromatic heterocycles. The molecule has 5 rings (SSSR count). The SMILES string of the molecule is CSN(C)c1ccccc1C(=O)N1CCc2cc(SN3CCN(c4nc(C)cc(NCC#CCN)n4)CC3)ccc21. The van der Waals surface area contributed by atoms with Crippen molar-refractivity contribution in [2.45, 2.75) is 18.2 Å². The molecule has 9 nitrogen and oxygen atoms in total. The second-order valence-corrected chi connectivity index (χ2v) is 11.9. The molecule has 0 radical (unpaired) electrons. The quantitative estimate of drug-likeness (QED) is 0.298. The summed E-state index contributed by atoms with van der Waals surface area (Å²) in [7, 11) is 1.99. The van der Waals surface area contributed by atoms with Crippen LogP contribution in [0.1, 0.15) is 21.6 Å². The van der Waals surface area contributed by atoms with Crippen LogP contribution >= 0.6 is 23.9 Å². The molecule has 0 atom stereocenters. The monoisotopic (exact) mass is 588 g/mol. The topological polar surface area (TPSA) is 93.9 Å². The summed E-state index contributed by atoms with van der Waals surface area (Å²) in [6.45, 7) is 7.03. The van der Waals surface area contributed by atoms with Crippen LogP contribution in [0.15, 0.2) is 53.4 Å². The van der Waals surface area contributed by atoms with Crippen LogP contribution in [0.3, 0.4) is 0 Å². The highest BCUT2D eigenvalue weighted by Crippen LogP contribution is 2.36. The summed E-state index contributed by atoms with van der Waals surface area (Å²) in [5, 5.41) is 3.24. The highest BCUT2D eigenvalue weighted by Gasteiger charge is 2.28. The van der Waals surface area contributed by atoms with E-state index in [1.54, 1.807) is 23.9 Å². The number of carbonyl (C=O) groups is 1. The maximum Gasteiger partial charge on any atom is 0.260 e. The predicted molar refractivity (Wildman–Crippen MR) is 172 cm³/mol. The third kappa shape index (κ3) is 6.90. The number of nitrogens with two attached hydrogens (primary N) is 1. The number of aryl methyl sites for hydroxylation is 1. The second kappa shape index (κ2) is 13.5. The van der Waals surface area contributed by atoms with E-state index in [0.29, 0.717) is 19.6 Å². The smallest absolute Gasteiger partial charge is 0.260 e. The number of para-hydroxylation sites is 1. The molecule has 0 spiro atoms. The van der Waals surface area contributed by atoms with Gasteiger partial charge in [0.2, 0.25) is 5.95 Å². The van der Waals surface area contributed by atoms with Gasteiger partial charge in [-0.2, -0.15) is 4.98 Å². The minimum absolute atomic E-state index is 0.0528. The van der Waals surface area contributed by atoms with Crippen LogP contribution in [0.5, 0.6) is 0 Å². The lowest BCUT2D eigenvalue weighted by molar-refractivity contribution is 0.0990. The van der Waals surface area contributed by atoms with Gasteiger partial charge in [0.15, 0.2) is 0 Å². The maximum absolute atomic E-state index is 13.6. The van der Waals surface area contributed by atoms with E-state index in [9.17, 15) is 4.79 Å². The number of aromatic nitrogens is 2. The van der Waals surface area contributed by atoms with Gasteiger partial charge < -0.3 is 25.2 Å². The van der Waals surface area contributed by atoms with Crippen molar-refractivity contribution >= 4 is 52.9 Å². The summed E-state index contributed by atoms with van der Waals surface area (Å²) in [6.07, 6.45) is 2.88. The van der Waals surface area contributed by atoms with E-state index in [-0.39, 0.29) is 5.91 Å². The van der Waals surface area contributed by atoms with E-state index < -0.39 is 0 Å². The van der Waals surface area contributed by atoms with Crippen molar-refractivity contribution in [3.05, 3.63) is 65.4 Å². The molecule has 2 aliphatic heterocycles. The van der Waals surface area contributed by atoms with Gasteiger partial charge >= 0.3 is 0 Å². The van der Waals surface area contributed by atoms with Crippen LogP contribution in [-0.4, -0.2) is 79.3 Å². The average molecular weight is 589 g/mol. The standard InChI is InChI=1S/C30H36N8OS2/c1-22-20-28(32-14-7-6-13-31)34-30(33-22)36-16-18-37(19-17-36)41-24-10-11-26-23(21-24)12-15-38(26)29(39)25-8-4-5-9-27(25)35(2)40-3/h4-5,8-11,20-21H,12-19,31H2,1-3H3,(H,32,33,34). The number of nitrogens with zero attached hydrogens (tertiary/aromatic N) is 6. The van der Waals surface area contributed by atoms with E-state index in [2.05, 4.69) is 49.5 Å². The number of rotatable bonds is 8. The molecule has 3 aromatic rings. The molecule has 11 heteroatoms. The molecule has 0 unspecified atom stereocenters. The molecule has 41 heavy (non-hydrogen) atoms. The third-order valence-corrected chi connectivity index (χ3v) is 8.96. The highest BCUT2D eigenvalue weighted by atomic mass is 32.2. The summed E-state index contributed by atoms with van der Waals surface area (Å²) >= 11 is 3.37. The number of hydrogen-bond acceptors (Lipinski definition) is 10. The van der Waals surface area contributed by atoms with E-state index >= 15 is 0 Å². The van der Waals surface area contributed by atoms with Crippen LogP contribution in [-0.2, 0) is 6.42 Å². The normalized spacial score (nSPS) is 14.8. The molecule has 2 aliphatic rings. The Labute approximate surface area is 251 Å². The summed E-state index contributed by atoms with van der Waals surface area (Å²) in [4.78, 5) is 28.3. The van der Waals surface area contributed by atoms with Crippen molar-refractivity contribution in [2.24, 2.45) is 5.73 Å². The Hall–Kier alpha value is -3.43.